The molecule has 0 N–H and O–H groups in total. The molecule has 0 bridgehead atoms. The lowest BCUT2D eigenvalue weighted by Gasteiger charge is -2.19. The largest absolute Gasteiger partial charge is 0.467 e. The average Bonchev–Trinajstić information content (AvgIpc) is 3.43. The van der Waals surface area contributed by atoms with Crippen LogP contribution in [0.4, 0.5) is 5.88 Å². The van der Waals surface area contributed by atoms with Crippen LogP contribution in [0.3, 0.4) is 0 Å². The van der Waals surface area contributed by atoms with Gasteiger partial charge in [0, 0.05) is 5.56 Å². The summed E-state index contributed by atoms with van der Waals surface area (Å²) in [5, 5.41) is 9.53. The fraction of sp³-hybridized carbons (Fsp3) is 0.100. The van der Waals surface area contributed by atoms with Crippen LogP contribution < -0.4 is 4.90 Å². The average molecular weight is 345 g/mol. The van der Waals surface area contributed by atoms with Crippen LogP contribution in [0.2, 0.25) is 0 Å². The van der Waals surface area contributed by atoms with Gasteiger partial charge in [0.05, 0.1) is 25.6 Å². The van der Waals surface area contributed by atoms with Gasteiger partial charge in [-0.1, -0.05) is 18.2 Å². The fourth-order valence-electron chi connectivity index (χ4n) is 2.68. The molecule has 26 heavy (non-hydrogen) atoms. The van der Waals surface area contributed by atoms with Gasteiger partial charge in [-0.25, -0.2) is 0 Å². The van der Waals surface area contributed by atoms with E-state index in [0.717, 1.165) is 17.1 Å². The quantitative estimate of drug-likeness (QED) is 0.508. The number of hydrogen-bond acceptors (Lipinski definition) is 6. The predicted molar refractivity (Wildman–Crippen MR) is 94.0 cm³/mol. The lowest BCUT2D eigenvalue weighted by molar-refractivity contribution is 0.457. The molecular formula is C20H15N3O3. The van der Waals surface area contributed by atoms with Gasteiger partial charge in [0.15, 0.2) is 0 Å². The topological polar surface area (TPSA) is 79.3 Å². The molecule has 3 aromatic heterocycles. The van der Waals surface area contributed by atoms with Gasteiger partial charge in [-0.3, -0.25) is 0 Å². The second-order valence-corrected chi connectivity index (χ2v) is 5.67. The van der Waals surface area contributed by atoms with E-state index in [9.17, 15) is 5.26 Å². The van der Waals surface area contributed by atoms with Crippen molar-refractivity contribution in [1.82, 2.24) is 4.98 Å². The molecule has 6 heteroatoms. The number of rotatable bonds is 6. The highest BCUT2D eigenvalue weighted by atomic mass is 16.4. The Morgan fingerprint density at radius 2 is 1.54 bits per heavy atom. The molecule has 0 saturated carbocycles. The second-order valence-electron chi connectivity index (χ2n) is 5.67. The number of oxazole rings is 1. The molecule has 3 heterocycles. The zero-order valence-corrected chi connectivity index (χ0v) is 13.8. The molecule has 4 aromatic rings. The molecule has 0 radical (unpaired) electrons. The van der Waals surface area contributed by atoms with Gasteiger partial charge < -0.3 is 18.2 Å². The van der Waals surface area contributed by atoms with Crippen molar-refractivity contribution in [1.29, 1.82) is 5.26 Å². The zero-order valence-electron chi connectivity index (χ0n) is 13.8. The molecule has 4 rings (SSSR count). The van der Waals surface area contributed by atoms with E-state index < -0.39 is 0 Å². The van der Waals surface area contributed by atoms with Gasteiger partial charge >= 0.3 is 0 Å². The van der Waals surface area contributed by atoms with Crippen molar-refractivity contribution in [2.45, 2.75) is 13.1 Å². The minimum atomic E-state index is 0.224. The molecule has 6 nitrogen and oxygen atoms in total. The molecule has 0 saturated heterocycles. The maximum absolute atomic E-state index is 9.53. The number of nitrogens with zero attached hydrogens (tertiary/aromatic N) is 3. The van der Waals surface area contributed by atoms with Crippen molar-refractivity contribution >= 4 is 5.88 Å². The molecule has 0 atom stereocenters. The number of furan rings is 2. The third-order valence-electron chi connectivity index (χ3n) is 3.88. The molecule has 0 aliphatic heterocycles. The lowest BCUT2D eigenvalue weighted by Crippen LogP contribution is -2.22. The summed E-state index contributed by atoms with van der Waals surface area (Å²) in [5.74, 6) is 2.29. The number of aromatic nitrogens is 1. The van der Waals surface area contributed by atoms with E-state index in [4.69, 9.17) is 13.3 Å². The summed E-state index contributed by atoms with van der Waals surface area (Å²) >= 11 is 0. The third-order valence-corrected chi connectivity index (χ3v) is 3.88. The highest BCUT2D eigenvalue weighted by Gasteiger charge is 2.22. The van der Waals surface area contributed by atoms with Gasteiger partial charge in [-0.15, -0.1) is 0 Å². The van der Waals surface area contributed by atoms with Gasteiger partial charge in [-0.2, -0.15) is 10.2 Å². The molecule has 0 fully saturated rings. The maximum Gasteiger partial charge on any atom is 0.235 e. The first kappa shape index (κ1) is 15.8. The molecule has 0 aliphatic carbocycles. The van der Waals surface area contributed by atoms with E-state index in [1.807, 2.05) is 59.5 Å². The van der Waals surface area contributed by atoms with Gasteiger partial charge in [0.25, 0.3) is 0 Å². The Kier molecular flexibility index (Phi) is 4.27. The highest BCUT2D eigenvalue weighted by Crippen LogP contribution is 2.30. The fourth-order valence-corrected chi connectivity index (χ4v) is 2.68. The summed E-state index contributed by atoms with van der Waals surface area (Å²) in [4.78, 5) is 6.22. The van der Waals surface area contributed by atoms with Gasteiger partial charge in [-0.05, 0) is 36.4 Å². The van der Waals surface area contributed by atoms with Crippen LogP contribution in [0.15, 0.2) is 80.4 Å². The van der Waals surface area contributed by atoms with Gasteiger partial charge in [0.1, 0.15) is 17.6 Å². The summed E-state index contributed by atoms with van der Waals surface area (Å²) in [6.45, 7) is 0.845. The summed E-state index contributed by atoms with van der Waals surface area (Å²) < 4.78 is 16.9. The SMILES string of the molecule is N#Cc1nc(-c2ccccc2)oc1N(Cc1ccco1)Cc1ccco1. The third kappa shape index (κ3) is 3.23. The minimum absolute atomic E-state index is 0.224. The number of hydrogen-bond donors (Lipinski definition) is 0. The van der Waals surface area contributed by atoms with Crippen LogP contribution in [0, 0.1) is 11.3 Å². The monoisotopic (exact) mass is 345 g/mol. The molecule has 128 valence electrons. The van der Waals surface area contributed by atoms with Crippen molar-refractivity contribution in [3.05, 3.63) is 84.3 Å². The number of nitriles is 1. The Balaban J connectivity index is 1.72. The predicted octanol–water partition coefficient (Wildman–Crippen LogP) is 4.61. The maximum atomic E-state index is 9.53. The molecule has 0 unspecified atom stereocenters. The molecule has 1 aromatic carbocycles. The first-order chi connectivity index (χ1) is 12.8. The molecule has 0 spiro atoms. The van der Waals surface area contributed by atoms with Gasteiger partial charge in [0.2, 0.25) is 17.5 Å². The van der Waals surface area contributed by atoms with Crippen LogP contribution in [0.25, 0.3) is 11.5 Å². The van der Waals surface area contributed by atoms with Crippen molar-refractivity contribution in [3.63, 3.8) is 0 Å². The van der Waals surface area contributed by atoms with E-state index in [-0.39, 0.29) is 5.69 Å². The first-order valence-corrected chi connectivity index (χ1v) is 8.09. The van der Waals surface area contributed by atoms with E-state index in [2.05, 4.69) is 11.1 Å². The van der Waals surface area contributed by atoms with Crippen LogP contribution in [0.5, 0.6) is 0 Å². The van der Waals surface area contributed by atoms with E-state index >= 15 is 0 Å². The Hall–Kier alpha value is -3.72. The Morgan fingerprint density at radius 3 is 2.08 bits per heavy atom. The van der Waals surface area contributed by atoms with Crippen LogP contribution in [0.1, 0.15) is 17.2 Å². The van der Waals surface area contributed by atoms with E-state index in [1.54, 1.807) is 12.5 Å². The highest BCUT2D eigenvalue weighted by molar-refractivity contribution is 5.59. The van der Waals surface area contributed by atoms with Crippen LogP contribution in [-0.4, -0.2) is 4.98 Å². The van der Waals surface area contributed by atoms with E-state index in [0.29, 0.717) is 24.9 Å². The van der Waals surface area contributed by atoms with Crippen LogP contribution >= 0.6 is 0 Å². The lowest BCUT2D eigenvalue weighted by atomic mass is 10.2. The second kappa shape index (κ2) is 7.03. The summed E-state index contributed by atoms with van der Waals surface area (Å²) in [6, 6.07) is 19.0. The van der Waals surface area contributed by atoms with Crippen molar-refractivity contribution in [2.75, 3.05) is 4.90 Å². The van der Waals surface area contributed by atoms with Crippen LogP contribution in [-0.2, 0) is 13.1 Å². The standard InChI is InChI=1S/C20H15N3O3/c21-12-18-20(26-19(22-18)15-6-2-1-3-7-15)23(13-16-8-4-10-24-16)14-17-9-5-11-25-17/h1-11H,13-14H2. The molecular weight excluding hydrogens is 330 g/mol. The first-order valence-electron chi connectivity index (χ1n) is 8.09. The minimum Gasteiger partial charge on any atom is -0.467 e. The summed E-state index contributed by atoms with van der Waals surface area (Å²) in [5.41, 5.74) is 1.04. The molecule has 0 amide bonds. The van der Waals surface area contributed by atoms with Crippen molar-refractivity contribution in [2.24, 2.45) is 0 Å². The van der Waals surface area contributed by atoms with Crippen molar-refractivity contribution < 1.29 is 13.3 Å². The van der Waals surface area contributed by atoms with Crippen molar-refractivity contribution in [3.8, 4) is 17.5 Å². The zero-order chi connectivity index (χ0) is 17.8. The Morgan fingerprint density at radius 1 is 0.885 bits per heavy atom. The summed E-state index contributed by atoms with van der Waals surface area (Å²) in [7, 11) is 0. The summed E-state index contributed by atoms with van der Waals surface area (Å²) in [6.07, 6.45) is 3.22. The number of anilines is 1. The van der Waals surface area contributed by atoms with E-state index in [1.165, 1.54) is 0 Å². The Bertz CT molecular complexity index is 960. The number of benzene rings is 1. The Labute approximate surface area is 149 Å². The smallest absolute Gasteiger partial charge is 0.235 e. The normalized spacial score (nSPS) is 10.6. The molecule has 0 aliphatic rings.